The predicted molar refractivity (Wildman–Crippen MR) is 37.7 cm³/mol. The van der Waals surface area contributed by atoms with Gasteiger partial charge in [-0.2, -0.15) is 0 Å². The molecule has 1 fully saturated rings. The van der Waals surface area contributed by atoms with Crippen LogP contribution >= 0.6 is 0 Å². The van der Waals surface area contributed by atoms with Crippen molar-refractivity contribution in [2.45, 2.75) is 0 Å². The Kier molecular flexibility index (Phi) is 2.67. The average Bonchev–Trinajstić information content (AvgIpc) is 1.86. The summed E-state index contributed by atoms with van der Waals surface area (Å²) in [6.45, 7) is 1.38. The van der Waals surface area contributed by atoms with Crippen LogP contribution in [0, 0.1) is 5.92 Å². The molecule has 0 saturated carbocycles. The maximum Gasteiger partial charge on any atom is 0.341 e. The molecule has 0 atom stereocenters. The average molecular weight is 160 g/mol. The first-order chi connectivity index (χ1) is 5.27. The van der Waals surface area contributed by atoms with Crippen molar-refractivity contribution >= 4 is 6.03 Å². The van der Waals surface area contributed by atoms with Gasteiger partial charge in [0.25, 0.3) is 0 Å². The first kappa shape index (κ1) is 8.29. The molecule has 0 aromatic rings. The highest BCUT2D eigenvalue weighted by Crippen LogP contribution is 2.13. The third-order valence-electron chi connectivity index (χ3n) is 1.69. The van der Waals surface area contributed by atoms with Gasteiger partial charge in [0.2, 0.25) is 0 Å². The van der Waals surface area contributed by atoms with E-state index in [1.165, 1.54) is 7.11 Å². The van der Waals surface area contributed by atoms with E-state index < -0.39 is 0 Å². The molecule has 2 N–H and O–H groups in total. The van der Waals surface area contributed by atoms with E-state index in [0.29, 0.717) is 13.1 Å². The lowest BCUT2D eigenvalue weighted by atomic mass is 10.0. The van der Waals surface area contributed by atoms with Gasteiger partial charge in [-0.1, -0.05) is 0 Å². The highest BCUT2D eigenvalue weighted by atomic mass is 16.6. The van der Waals surface area contributed by atoms with E-state index in [1.807, 2.05) is 0 Å². The molecule has 5 nitrogen and oxygen atoms in total. The molecule has 64 valence electrons. The first-order valence-corrected chi connectivity index (χ1v) is 3.46. The molecule has 0 radical (unpaired) electrons. The Labute approximate surface area is 64.9 Å². The number of carbonyl (C=O) groups excluding carboxylic acids is 1. The van der Waals surface area contributed by atoms with E-state index in [4.69, 9.17) is 5.11 Å². The van der Waals surface area contributed by atoms with Gasteiger partial charge in [-0.15, -0.1) is 0 Å². The monoisotopic (exact) mass is 160 g/mol. The number of aliphatic hydroxyl groups excluding tert-OH is 1. The molecule has 5 heteroatoms. The van der Waals surface area contributed by atoms with Crippen molar-refractivity contribution < 1.29 is 14.7 Å². The summed E-state index contributed by atoms with van der Waals surface area (Å²) >= 11 is 0. The van der Waals surface area contributed by atoms with Crippen LogP contribution < -0.4 is 5.48 Å². The van der Waals surface area contributed by atoms with Gasteiger partial charge in [0.15, 0.2) is 0 Å². The van der Waals surface area contributed by atoms with Crippen LogP contribution in [0.15, 0.2) is 0 Å². The Morgan fingerprint density at radius 1 is 1.82 bits per heavy atom. The molecular formula is C6H12N2O3. The fourth-order valence-electron chi connectivity index (χ4n) is 1.00. The second-order valence-corrected chi connectivity index (χ2v) is 2.56. The summed E-state index contributed by atoms with van der Waals surface area (Å²) in [4.78, 5) is 16.9. The van der Waals surface area contributed by atoms with Crippen molar-refractivity contribution in [1.29, 1.82) is 0 Å². The molecule has 0 aromatic carbocycles. The molecular weight excluding hydrogens is 148 g/mol. The van der Waals surface area contributed by atoms with Crippen LogP contribution in [0.25, 0.3) is 0 Å². The molecule has 0 spiro atoms. The summed E-state index contributed by atoms with van der Waals surface area (Å²) in [6, 6.07) is -0.239. The molecule has 2 amide bonds. The summed E-state index contributed by atoms with van der Waals surface area (Å²) in [5.41, 5.74) is 2.20. The van der Waals surface area contributed by atoms with Gasteiger partial charge < -0.3 is 10.0 Å². The predicted octanol–water partition coefficient (Wildman–Crippen LogP) is -0.819. The summed E-state index contributed by atoms with van der Waals surface area (Å²) in [6.07, 6.45) is 0. The third-order valence-corrected chi connectivity index (χ3v) is 1.69. The molecule has 0 aliphatic carbocycles. The van der Waals surface area contributed by atoms with Crippen LogP contribution in [0.5, 0.6) is 0 Å². The molecule has 1 saturated heterocycles. The zero-order chi connectivity index (χ0) is 8.27. The molecule has 11 heavy (non-hydrogen) atoms. The minimum atomic E-state index is -0.239. The summed E-state index contributed by atoms with van der Waals surface area (Å²) < 4.78 is 0. The number of aliphatic hydroxyl groups is 1. The van der Waals surface area contributed by atoms with Gasteiger partial charge in [0.05, 0.1) is 7.11 Å². The van der Waals surface area contributed by atoms with Gasteiger partial charge in [-0.05, 0) is 0 Å². The standard InChI is InChI=1S/C6H12N2O3/c1-11-7-6(10)8-2-5(3-8)4-9/h5,9H,2-4H2,1H3,(H,7,10). The lowest BCUT2D eigenvalue weighted by Gasteiger charge is -2.37. The number of rotatable bonds is 2. The Hall–Kier alpha value is -0.810. The minimum absolute atomic E-state index is 0.150. The normalized spacial score (nSPS) is 17.8. The SMILES string of the molecule is CONC(=O)N1CC(CO)C1. The maximum atomic E-state index is 10.9. The van der Waals surface area contributed by atoms with E-state index in [0.717, 1.165) is 0 Å². The number of nitrogens with one attached hydrogen (secondary N) is 1. The second-order valence-electron chi connectivity index (χ2n) is 2.56. The molecule has 0 bridgehead atoms. The van der Waals surface area contributed by atoms with Crippen LogP contribution in [0.4, 0.5) is 4.79 Å². The third kappa shape index (κ3) is 1.81. The smallest absolute Gasteiger partial charge is 0.341 e. The molecule has 1 aliphatic heterocycles. The van der Waals surface area contributed by atoms with Crippen molar-refractivity contribution in [1.82, 2.24) is 10.4 Å². The molecule has 0 unspecified atom stereocenters. The minimum Gasteiger partial charge on any atom is -0.396 e. The van der Waals surface area contributed by atoms with Gasteiger partial charge >= 0.3 is 6.03 Å². The molecule has 0 aromatic heterocycles. The Morgan fingerprint density at radius 3 is 2.91 bits per heavy atom. The summed E-state index contributed by atoms with van der Waals surface area (Å²) in [5.74, 6) is 0.248. The highest BCUT2D eigenvalue weighted by molar-refractivity contribution is 5.73. The van der Waals surface area contributed by atoms with E-state index in [2.05, 4.69) is 10.3 Å². The number of nitrogens with zero attached hydrogens (tertiary/aromatic N) is 1. The van der Waals surface area contributed by atoms with E-state index in [1.54, 1.807) is 4.90 Å². The fraction of sp³-hybridized carbons (Fsp3) is 0.833. The second kappa shape index (κ2) is 3.54. The molecule has 1 rings (SSSR count). The summed E-state index contributed by atoms with van der Waals surface area (Å²) in [7, 11) is 1.39. The number of hydrogen-bond acceptors (Lipinski definition) is 3. The first-order valence-electron chi connectivity index (χ1n) is 3.46. The molecule has 1 heterocycles. The van der Waals surface area contributed by atoms with Crippen LogP contribution in [0.2, 0.25) is 0 Å². The largest absolute Gasteiger partial charge is 0.396 e. The quantitative estimate of drug-likeness (QED) is 0.519. The van der Waals surface area contributed by atoms with Gasteiger partial charge in [0.1, 0.15) is 0 Å². The van der Waals surface area contributed by atoms with E-state index >= 15 is 0 Å². The highest BCUT2D eigenvalue weighted by Gasteiger charge is 2.29. The van der Waals surface area contributed by atoms with Crippen LogP contribution in [-0.2, 0) is 4.84 Å². The Balaban J connectivity index is 2.16. The zero-order valence-corrected chi connectivity index (χ0v) is 6.41. The van der Waals surface area contributed by atoms with Crippen molar-refractivity contribution in [2.24, 2.45) is 5.92 Å². The van der Waals surface area contributed by atoms with E-state index in [9.17, 15) is 4.79 Å². The van der Waals surface area contributed by atoms with Gasteiger partial charge in [0, 0.05) is 25.6 Å². The van der Waals surface area contributed by atoms with Gasteiger partial charge in [-0.3, -0.25) is 4.84 Å². The number of hydrogen-bond donors (Lipinski definition) is 2. The van der Waals surface area contributed by atoms with Gasteiger partial charge in [-0.25, -0.2) is 10.3 Å². The van der Waals surface area contributed by atoms with Crippen molar-refractivity contribution in [3.8, 4) is 0 Å². The van der Waals surface area contributed by atoms with Crippen LogP contribution in [0.1, 0.15) is 0 Å². The lowest BCUT2D eigenvalue weighted by molar-refractivity contribution is 0.0406. The molecule has 1 aliphatic rings. The zero-order valence-electron chi connectivity index (χ0n) is 6.41. The summed E-state index contributed by atoms with van der Waals surface area (Å²) in [5, 5.41) is 8.63. The lowest BCUT2D eigenvalue weighted by Crippen LogP contribution is -2.54. The van der Waals surface area contributed by atoms with Crippen molar-refractivity contribution in [2.75, 3.05) is 26.8 Å². The topological polar surface area (TPSA) is 61.8 Å². The van der Waals surface area contributed by atoms with Crippen molar-refractivity contribution in [3.05, 3.63) is 0 Å². The van der Waals surface area contributed by atoms with Crippen molar-refractivity contribution in [3.63, 3.8) is 0 Å². The fourth-order valence-corrected chi connectivity index (χ4v) is 1.00. The number of carbonyl (C=O) groups is 1. The number of likely N-dealkylation sites (tertiary alicyclic amines) is 1. The van der Waals surface area contributed by atoms with Crippen LogP contribution in [-0.4, -0.2) is 42.8 Å². The Morgan fingerprint density at radius 2 is 2.45 bits per heavy atom. The maximum absolute atomic E-state index is 10.9. The van der Waals surface area contributed by atoms with Crippen LogP contribution in [0.3, 0.4) is 0 Å². The number of urea groups is 1. The number of amides is 2. The Bertz CT molecular complexity index is 145. The van der Waals surface area contributed by atoms with E-state index in [-0.39, 0.29) is 18.6 Å². The number of hydroxylamine groups is 1.